The zero-order chi connectivity index (χ0) is 19.3. The van der Waals surface area contributed by atoms with Crippen molar-refractivity contribution in [2.75, 3.05) is 52.4 Å². The topological polar surface area (TPSA) is 207 Å². The summed E-state index contributed by atoms with van der Waals surface area (Å²) < 4.78 is 31.6. The highest BCUT2D eigenvalue weighted by Crippen LogP contribution is 2.03. The van der Waals surface area contributed by atoms with E-state index < -0.39 is 10.4 Å². The SMILES string of the molecule is N=C(N)NCCCN1CCN(CCCN=C(N)N)CC1.O=S(=O)(O)O. The van der Waals surface area contributed by atoms with Crippen molar-refractivity contribution < 1.29 is 17.5 Å². The summed E-state index contributed by atoms with van der Waals surface area (Å²) in [6.07, 6.45) is 2.02. The number of nitrogens with zero attached hydrogens (tertiary/aromatic N) is 3. The van der Waals surface area contributed by atoms with E-state index in [0.717, 1.165) is 58.7 Å². The van der Waals surface area contributed by atoms with Crippen molar-refractivity contribution in [1.82, 2.24) is 15.1 Å². The first-order valence-electron chi connectivity index (χ1n) is 7.86. The summed E-state index contributed by atoms with van der Waals surface area (Å²) in [6.45, 7) is 7.99. The normalized spacial score (nSPS) is 15.8. The van der Waals surface area contributed by atoms with Crippen molar-refractivity contribution >= 4 is 22.3 Å². The van der Waals surface area contributed by atoms with Gasteiger partial charge in [0, 0.05) is 45.8 Å². The minimum Gasteiger partial charge on any atom is -0.370 e. The maximum absolute atomic E-state index is 8.74. The molecule has 1 fully saturated rings. The molecule has 1 aliphatic rings. The Hall–Kier alpha value is -1.67. The fourth-order valence-electron chi connectivity index (χ4n) is 2.26. The van der Waals surface area contributed by atoms with Crippen molar-refractivity contribution in [1.29, 1.82) is 5.41 Å². The summed E-state index contributed by atoms with van der Waals surface area (Å²) in [4.78, 5) is 8.89. The number of nitrogens with two attached hydrogens (primary N) is 3. The molecule has 0 aliphatic carbocycles. The summed E-state index contributed by atoms with van der Waals surface area (Å²) >= 11 is 0. The van der Waals surface area contributed by atoms with Gasteiger partial charge in [0.15, 0.2) is 11.9 Å². The molecule has 25 heavy (non-hydrogen) atoms. The molecule has 1 heterocycles. The maximum Gasteiger partial charge on any atom is 0.394 e. The molecule has 0 saturated carbocycles. The molecular formula is C12H30N8O4S. The van der Waals surface area contributed by atoms with Gasteiger partial charge in [0.1, 0.15) is 0 Å². The molecular weight excluding hydrogens is 352 g/mol. The monoisotopic (exact) mass is 382 g/mol. The van der Waals surface area contributed by atoms with Crippen LogP contribution in [-0.4, -0.2) is 91.6 Å². The zero-order valence-corrected chi connectivity index (χ0v) is 15.1. The lowest BCUT2D eigenvalue weighted by atomic mass is 10.2. The maximum atomic E-state index is 8.74. The van der Waals surface area contributed by atoms with Gasteiger partial charge in [-0.1, -0.05) is 0 Å². The molecule has 148 valence electrons. The van der Waals surface area contributed by atoms with Gasteiger partial charge in [-0.3, -0.25) is 19.5 Å². The number of aliphatic imine (C=N–C) groups is 1. The Kier molecular flexibility index (Phi) is 11.8. The van der Waals surface area contributed by atoms with Gasteiger partial charge >= 0.3 is 10.4 Å². The first kappa shape index (κ1) is 23.3. The Labute approximate surface area is 148 Å². The summed E-state index contributed by atoms with van der Waals surface area (Å²) in [5.74, 6) is 0.226. The molecule has 0 bridgehead atoms. The largest absolute Gasteiger partial charge is 0.394 e. The Morgan fingerprint density at radius 1 is 1.04 bits per heavy atom. The smallest absolute Gasteiger partial charge is 0.370 e. The minimum atomic E-state index is -4.67. The molecule has 0 atom stereocenters. The van der Waals surface area contributed by atoms with E-state index in [4.69, 9.17) is 40.1 Å². The van der Waals surface area contributed by atoms with Gasteiger partial charge in [0.05, 0.1) is 0 Å². The second-order valence-corrected chi connectivity index (χ2v) is 6.38. The number of piperazine rings is 1. The molecule has 12 nitrogen and oxygen atoms in total. The van der Waals surface area contributed by atoms with Crippen molar-refractivity contribution in [3.63, 3.8) is 0 Å². The lowest BCUT2D eigenvalue weighted by Crippen LogP contribution is -2.47. The van der Waals surface area contributed by atoms with E-state index in [2.05, 4.69) is 20.1 Å². The predicted molar refractivity (Wildman–Crippen MR) is 96.9 cm³/mol. The van der Waals surface area contributed by atoms with Gasteiger partial charge in [-0.2, -0.15) is 8.42 Å². The molecule has 1 rings (SSSR count). The van der Waals surface area contributed by atoms with E-state index in [0.29, 0.717) is 6.54 Å². The molecule has 0 radical (unpaired) electrons. The van der Waals surface area contributed by atoms with Gasteiger partial charge in [0.2, 0.25) is 0 Å². The number of rotatable bonds is 8. The number of hydrogen-bond acceptors (Lipinski definition) is 6. The Bertz CT molecular complexity index is 493. The molecule has 1 saturated heterocycles. The average molecular weight is 382 g/mol. The molecule has 0 spiro atoms. The Balaban J connectivity index is 0.00000101. The third-order valence-corrected chi connectivity index (χ3v) is 3.36. The molecule has 1 aliphatic heterocycles. The van der Waals surface area contributed by atoms with Crippen LogP contribution in [0, 0.1) is 5.41 Å². The molecule has 0 unspecified atom stereocenters. The quantitative estimate of drug-likeness (QED) is 0.101. The highest BCUT2D eigenvalue weighted by molar-refractivity contribution is 7.79. The van der Waals surface area contributed by atoms with E-state index >= 15 is 0 Å². The fourth-order valence-corrected chi connectivity index (χ4v) is 2.26. The number of nitrogens with one attached hydrogen (secondary N) is 2. The van der Waals surface area contributed by atoms with Gasteiger partial charge in [-0.25, -0.2) is 0 Å². The van der Waals surface area contributed by atoms with Crippen molar-refractivity contribution in [2.45, 2.75) is 12.8 Å². The van der Waals surface area contributed by atoms with Gasteiger partial charge in [0.25, 0.3) is 0 Å². The Morgan fingerprint density at radius 3 is 1.88 bits per heavy atom. The van der Waals surface area contributed by atoms with Crippen molar-refractivity contribution in [3.8, 4) is 0 Å². The number of guanidine groups is 2. The minimum absolute atomic E-state index is 0.0515. The molecule has 13 heteroatoms. The average Bonchev–Trinajstić information content (AvgIpc) is 2.47. The highest BCUT2D eigenvalue weighted by Gasteiger charge is 2.15. The van der Waals surface area contributed by atoms with Crippen LogP contribution in [0.1, 0.15) is 12.8 Å². The van der Waals surface area contributed by atoms with Crippen LogP contribution in [0.15, 0.2) is 4.99 Å². The van der Waals surface area contributed by atoms with Crippen LogP contribution >= 0.6 is 0 Å². The summed E-state index contributed by atoms with van der Waals surface area (Å²) in [5, 5.41) is 9.90. The standard InChI is InChI=1S/C12H28N8.H2O4S/c13-11(14)17-3-1-5-19-7-9-20(10-8-19)6-2-4-18-12(15)16;1-5(2,3)4/h1-10H2,(H4,13,14,17)(H4,15,16,18);(H2,1,2,3,4). The van der Waals surface area contributed by atoms with Crippen LogP contribution in [0.2, 0.25) is 0 Å². The van der Waals surface area contributed by atoms with Crippen molar-refractivity contribution in [3.05, 3.63) is 0 Å². The van der Waals surface area contributed by atoms with E-state index in [-0.39, 0.29) is 11.9 Å². The Morgan fingerprint density at radius 2 is 1.48 bits per heavy atom. The van der Waals surface area contributed by atoms with Crippen LogP contribution in [-0.2, 0) is 10.4 Å². The van der Waals surface area contributed by atoms with E-state index in [9.17, 15) is 0 Å². The molecule has 0 aromatic heterocycles. The highest BCUT2D eigenvalue weighted by atomic mass is 32.3. The second-order valence-electron chi connectivity index (χ2n) is 5.49. The molecule has 0 amide bonds. The number of hydrogen-bond donors (Lipinski definition) is 7. The van der Waals surface area contributed by atoms with E-state index in [1.807, 2.05) is 0 Å². The summed E-state index contributed by atoms with van der Waals surface area (Å²) in [6, 6.07) is 0. The third-order valence-electron chi connectivity index (χ3n) is 3.36. The van der Waals surface area contributed by atoms with Gasteiger partial charge < -0.3 is 32.3 Å². The van der Waals surface area contributed by atoms with E-state index in [1.165, 1.54) is 0 Å². The molecule has 10 N–H and O–H groups in total. The fraction of sp³-hybridized carbons (Fsp3) is 0.833. The summed E-state index contributed by atoms with van der Waals surface area (Å²) in [7, 11) is -4.67. The summed E-state index contributed by atoms with van der Waals surface area (Å²) in [5.41, 5.74) is 15.8. The van der Waals surface area contributed by atoms with Crippen LogP contribution in [0.4, 0.5) is 0 Å². The van der Waals surface area contributed by atoms with Crippen LogP contribution < -0.4 is 22.5 Å². The lowest BCUT2D eigenvalue weighted by Gasteiger charge is -2.34. The predicted octanol–water partition coefficient (Wildman–Crippen LogP) is -2.51. The molecule has 0 aromatic carbocycles. The lowest BCUT2D eigenvalue weighted by molar-refractivity contribution is 0.131. The van der Waals surface area contributed by atoms with Crippen LogP contribution in [0.5, 0.6) is 0 Å². The van der Waals surface area contributed by atoms with E-state index in [1.54, 1.807) is 0 Å². The zero-order valence-electron chi connectivity index (χ0n) is 14.3. The van der Waals surface area contributed by atoms with Gasteiger partial charge in [-0.15, -0.1) is 0 Å². The molecule has 0 aromatic rings. The first-order valence-corrected chi connectivity index (χ1v) is 9.25. The third kappa shape index (κ3) is 18.5. The first-order chi connectivity index (χ1) is 11.6. The second kappa shape index (κ2) is 12.7. The van der Waals surface area contributed by atoms with Gasteiger partial charge in [-0.05, 0) is 19.4 Å². The van der Waals surface area contributed by atoms with Crippen molar-refractivity contribution in [2.24, 2.45) is 22.2 Å². The van der Waals surface area contributed by atoms with Crippen LogP contribution in [0.3, 0.4) is 0 Å². The van der Waals surface area contributed by atoms with Crippen LogP contribution in [0.25, 0.3) is 0 Å².